The standard InChI is InChI=1S/C19H23NO3/c1-13-9-15(11-20(2)19(13)22)17-10-14(12-21)7-8-18(17)23-16-5-3-4-6-16/h7-11,16,21H,3-6,12H2,1-2H3. The smallest absolute Gasteiger partial charge is 0.253 e. The summed E-state index contributed by atoms with van der Waals surface area (Å²) in [6.45, 7) is 1.81. The van der Waals surface area contributed by atoms with Gasteiger partial charge in [0.1, 0.15) is 5.75 Å². The molecule has 1 aliphatic carbocycles. The summed E-state index contributed by atoms with van der Waals surface area (Å²) in [6.07, 6.45) is 6.71. The Kier molecular flexibility index (Phi) is 4.53. The van der Waals surface area contributed by atoms with Gasteiger partial charge in [0.25, 0.3) is 5.56 Å². The number of hydrogen-bond acceptors (Lipinski definition) is 3. The van der Waals surface area contributed by atoms with Crippen molar-refractivity contribution in [2.75, 3.05) is 0 Å². The van der Waals surface area contributed by atoms with Crippen LogP contribution in [0.15, 0.2) is 35.3 Å². The first-order valence-electron chi connectivity index (χ1n) is 8.16. The van der Waals surface area contributed by atoms with Crippen molar-refractivity contribution in [2.45, 2.75) is 45.3 Å². The average Bonchev–Trinajstić information content (AvgIpc) is 3.05. The van der Waals surface area contributed by atoms with Crippen LogP contribution in [0.5, 0.6) is 5.75 Å². The zero-order valence-electron chi connectivity index (χ0n) is 13.7. The fourth-order valence-corrected chi connectivity index (χ4v) is 3.21. The predicted molar refractivity (Wildman–Crippen MR) is 90.7 cm³/mol. The van der Waals surface area contributed by atoms with Crippen molar-refractivity contribution in [3.63, 3.8) is 0 Å². The lowest BCUT2D eigenvalue weighted by Gasteiger charge is -2.18. The van der Waals surface area contributed by atoms with Gasteiger partial charge in [-0.05, 0) is 56.4 Å². The molecule has 0 atom stereocenters. The molecule has 0 radical (unpaired) electrons. The highest BCUT2D eigenvalue weighted by Crippen LogP contribution is 2.34. The summed E-state index contributed by atoms with van der Waals surface area (Å²) < 4.78 is 7.79. The summed E-state index contributed by atoms with van der Waals surface area (Å²) in [7, 11) is 1.76. The highest BCUT2D eigenvalue weighted by Gasteiger charge is 2.19. The maximum atomic E-state index is 11.9. The number of aromatic nitrogens is 1. The SMILES string of the molecule is Cc1cc(-c2cc(CO)ccc2OC2CCCC2)cn(C)c1=O. The van der Waals surface area contributed by atoms with E-state index in [-0.39, 0.29) is 18.3 Å². The molecular formula is C19H23NO3. The molecule has 2 aromatic rings. The molecule has 0 unspecified atom stereocenters. The van der Waals surface area contributed by atoms with Crippen LogP contribution < -0.4 is 10.3 Å². The topological polar surface area (TPSA) is 51.5 Å². The zero-order chi connectivity index (χ0) is 16.4. The van der Waals surface area contributed by atoms with Gasteiger partial charge >= 0.3 is 0 Å². The molecule has 1 heterocycles. The summed E-state index contributed by atoms with van der Waals surface area (Å²) in [5, 5.41) is 9.44. The van der Waals surface area contributed by atoms with E-state index in [1.54, 1.807) is 11.6 Å². The van der Waals surface area contributed by atoms with Gasteiger partial charge in [-0.2, -0.15) is 0 Å². The Morgan fingerprint density at radius 1 is 1.26 bits per heavy atom. The lowest BCUT2D eigenvalue weighted by atomic mass is 10.0. The average molecular weight is 313 g/mol. The third-order valence-corrected chi connectivity index (χ3v) is 4.50. The monoisotopic (exact) mass is 313 g/mol. The van der Waals surface area contributed by atoms with Crippen molar-refractivity contribution in [1.82, 2.24) is 4.57 Å². The van der Waals surface area contributed by atoms with Gasteiger partial charge in [0.05, 0.1) is 12.7 Å². The highest BCUT2D eigenvalue weighted by atomic mass is 16.5. The van der Waals surface area contributed by atoms with E-state index in [1.165, 1.54) is 12.8 Å². The van der Waals surface area contributed by atoms with Crippen molar-refractivity contribution in [2.24, 2.45) is 7.05 Å². The van der Waals surface area contributed by atoms with Crippen LogP contribution >= 0.6 is 0 Å². The van der Waals surface area contributed by atoms with E-state index in [9.17, 15) is 9.90 Å². The second-order valence-electron chi connectivity index (χ2n) is 6.34. The first-order chi connectivity index (χ1) is 11.1. The largest absolute Gasteiger partial charge is 0.490 e. The number of nitrogens with zero attached hydrogens (tertiary/aromatic N) is 1. The lowest BCUT2D eigenvalue weighted by molar-refractivity contribution is 0.210. The molecular weight excluding hydrogens is 290 g/mol. The van der Waals surface area contributed by atoms with Gasteiger partial charge < -0.3 is 14.4 Å². The van der Waals surface area contributed by atoms with Crippen molar-refractivity contribution in [1.29, 1.82) is 0 Å². The second kappa shape index (κ2) is 6.59. The molecule has 0 spiro atoms. The molecule has 1 aliphatic rings. The van der Waals surface area contributed by atoms with Gasteiger partial charge in [-0.25, -0.2) is 0 Å². The maximum Gasteiger partial charge on any atom is 0.253 e. The van der Waals surface area contributed by atoms with E-state index in [4.69, 9.17) is 4.74 Å². The minimum atomic E-state index is -0.0124. The van der Waals surface area contributed by atoms with Gasteiger partial charge in [-0.3, -0.25) is 4.79 Å². The third-order valence-electron chi connectivity index (χ3n) is 4.50. The Hall–Kier alpha value is -2.07. The molecule has 1 N–H and O–H groups in total. The van der Waals surface area contributed by atoms with Crippen LogP contribution in [0.25, 0.3) is 11.1 Å². The molecule has 1 fully saturated rings. The summed E-state index contributed by atoms with van der Waals surface area (Å²) >= 11 is 0. The number of aryl methyl sites for hydroxylation is 2. The van der Waals surface area contributed by atoms with Gasteiger partial charge in [-0.15, -0.1) is 0 Å². The van der Waals surface area contributed by atoms with Crippen LogP contribution in [0.3, 0.4) is 0 Å². The molecule has 4 nitrogen and oxygen atoms in total. The summed E-state index contributed by atoms with van der Waals surface area (Å²) in [4.78, 5) is 11.9. The van der Waals surface area contributed by atoms with Gasteiger partial charge in [-0.1, -0.05) is 6.07 Å². The van der Waals surface area contributed by atoms with Gasteiger partial charge in [0.15, 0.2) is 0 Å². The van der Waals surface area contributed by atoms with Crippen molar-refractivity contribution < 1.29 is 9.84 Å². The third kappa shape index (κ3) is 3.32. The van der Waals surface area contributed by atoms with Crippen molar-refractivity contribution >= 4 is 0 Å². The molecule has 4 heteroatoms. The van der Waals surface area contributed by atoms with E-state index >= 15 is 0 Å². The lowest BCUT2D eigenvalue weighted by Crippen LogP contribution is -2.18. The molecule has 1 aromatic carbocycles. The first-order valence-corrected chi connectivity index (χ1v) is 8.16. The summed E-state index contributed by atoms with van der Waals surface area (Å²) in [5.41, 5.74) is 3.41. The van der Waals surface area contributed by atoms with Crippen LogP contribution in [0, 0.1) is 6.92 Å². The molecule has 0 aliphatic heterocycles. The minimum absolute atomic E-state index is 0.00493. The maximum absolute atomic E-state index is 11.9. The molecule has 0 saturated heterocycles. The predicted octanol–water partition coefficient (Wildman–Crippen LogP) is 3.17. The number of rotatable bonds is 4. The van der Waals surface area contributed by atoms with Gasteiger partial charge in [0.2, 0.25) is 0 Å². The number of aliphatic hydroxyl groups excluding tert-OH is 1. The van der Waals surface area contributed by atoms with Crippen LogP contribution in [-0.2, 0) is 13.7 Å². The molecule has 23 heavy (non-hydrogen) atoms. The Bertz CT molecular complexity index is 731. The fraction of sp³-hybridized carbons (Fsp3) is 0.421. The number of benzene rings is 1. The fourth-order valence-electron chi connectivity index (χ4n) is 3.21. The normalized spacial score (nSPS) is 15.1. The van der Waals surface area contributed by atoms with E-state index in [1.807, 2.05) is 37.4 Å². The summed E-state index contributed by atoms with van der Waals surface area (Å²) in [6, 6.07) is 7.66. The highest BCUT2D eigenvalue weighted by molar-refractivity contribution is 5.71. The Morgan fingerprint density at radius 2 is 2.00 bits per heavy atom. The molecule has 0 bridgehead atoms. The Morgan fingerprint density at radius 3 is 2.65 bits per heavy atom. The van der Waals surface area contributed by atoms with Crippen molar-refractivity contribution in [3.05, 3.63) is 51.9 Å². The Labute approximate surface area is 136 Å². The first kappa shape index (κ1) is 15.8. The van der Waals surface area contributed by atoms with E-state index in [2.05, 4.69) is 0 Å². The molecule has 3 rings (SSSR count). The van der Waals surface area contributed by atoms with Crippen LogP contribution in [0.2, 0.25) is 0 Å². The minimum Gasteiger partial charge on any atom is -0.490 e. The van der Waals surface area contributed by atoms with E-state index in [0.29, 0.717) is 5.56 Å². The van der Waals surface area contributed by atoms with Crippen molar-refractivity contribution in [3.8, 4) is 16.9 Å². The molecule has 1 saturated carbocycles. The number of hydrogen-bond donors (Lipinski definition) is 1. The molecule has 122 valence electrons. The van der Waals surface area contributed by atoms with Crippen LogP contribution in [-0.4, -0.2) is 15.8 Å². The van der Waals surface area contributed by atoms with E-state index < -0.39 is 0 Å². The quantitative estimate of drug-likeness (QED) is 0.943. The molecule has 0 amide bonds. The number of ether oxygens (including phenoxy) is 1. The van der Waals surface area contributed by atoms with Gasteiger partial charge in [0, 0.05) is 29.9 Å². The van der Waals surface area contributed by atoms with Crippen LogP contribution in [0.1, 0.15) is 36.8 Å². The Balaban J connectivity index is 2.06. The van der Waals surface area contributed by atoms with E-state index in [0.717, 1.165) is 35.3 Å². The number of aliphatic hydroxyl groups is 1. The second-order valence-corrected chi connectivity index (χ2v) is 6.34. The summed E-state index contributed by atoms with van der Waals surface area (Å²) in [5.74, 6) is 0.826. The zero-order valence-corrected chi connectivity index (χ0v) is 13.7. The number of pyridine rings is 1. The molecule has 1 aromatic heterocycles. The van der Waals surface area contributed by atoms with Crippen LogP contribution in [0.4, 0.5) is 0 Å².